The first-order valence-electron chi connectivity index (χ1n) is 10.7. The Morgan fingerprint density at radius 2 is 1.91 bits per heavy atom. The van der Waals surface area contributed by atoms with Crippen LogP contribution in [0, 0.1) is 0 Å². The Kier molecular flexibility index (Phi) is 7.19. The van der Waals surface area contributed by atoms with Crippen LogP contribution in [0.15, 0.2) is 64.0 Å². The maximum absolute atomic E-state index is 13.5. The van der Waals surface area contributed by atoms with Crippen molar-refractivity contribution in [2.24, 2.45) is 4.99 Å². The molecule has 176 valence electrons. The van der Waals surface area contributed by atoms with E-state index in [0.717, 1.165) is 5.56 Å². The van der Waals surface area contributed by atoms with Gasteiger partial charge in [-0.1, -0.05) is 41.1 Å². The quantitative estimate of drug-likeness (QED) is 0.466. The minimum atomic E-state index is -0.736. The molecule has 0 amide bonds. The van der Waals surface area contributed by atoms with Gasteiger partial charge in [-0.05, 0) is 55.3 Å². The number of ether oxygens (including phenoxy) is 3. The lowest BCUT2D eigenvalue weighted by molar-refractivity contribution is -0.136. The van der Waals surface area contributed by atoms with Crippen LogP contribution in [0.1, 0.15) is 31.0 Å². The number of methoxy groups -OCH3 is 1. The largest absolute Gasteiger partial charge is 0.490 e. The average Bonchev–Trinajstić information content (AvgIpc) is 3.14. The summed E-state index contributed by atoms with van der Waals surface area (Å²) in [5, 5.41) is 0.574. The summed E-state index contributed by atoms with van der Waals surface area (Å²) in [5.41, 5.74) is 1.45. The fraction of sp³-hybridized carbons (Fsp3) is 0.240. The van der Waals surface area contributed by atoms with Gasteiger partial charge in [0.25, 0.3) is 5.56 Å². The lowest BCUT2D eigenvalue weighted by Gasteiger charge is -2.23. The Hall–Kier alpha value is -3.36. The second-order valence-electron chi connectivity index (χ2n) is 7.30. The van der Waals surface area contributed by atoms with Crippen molar-refractivity contribution in [2.45, 2.75) is 19.9 Å². The maximum Gasteiger partial charge on any atom is 0.337 e. The highest BCUT2D eigenvalue weighted by atomic mass is 35.5. The Bertz CT molecular complexity index is 1440. The molecule has 0 saturated heterocycles. The summed E-state index contributed by atoms with van der Waals surface area (Å²) in [6.07, 6.45) is 3.22. The van der Waals surface area contributed by atoms with E-state index in [9.17, 15) is 9.59 Å². The van der Waals surface area contributed by atoms with Crippen LogP contribution in [0.4, 0.5) is 0 Å². The van der Waals surface area contributed by atoms with Gasteiger partial charge in [0.1, 0.15) is 0 Å². The molecule has 0 aliphatic carbocycles. The van der Waals surface area contributed by atoms with Crippen molar-refractivity contribution in [3.63, 3.8) is 0 Å². The Morgan fingerprint density at radius 1 is 1.15 bits per heavy atom. The zero-order chi connectivity index (χ0) is 24.2. The summed E-state index contributed by atoms with van der Waals surface area (Å²) in [6.45, 7) is 4.68. The SMILES string of the molecule is CCOc1ccc([C@@H]2C(C(=O)OC)=CN=c3s/c(=C\c4cccc(Cl)c4)c(=O)n32)cc1OCC. The van der Waals surface area contributed by atoms with Crippen LogP contribution in [0.5, 0.6) is 11.5 Å². The molecule has 9 heteroatoms. The number of hydrogen-bond donors (Lipinski definition) is 0. The number of hydrogen-bond acceptors (Lipinski definition) is 7. The number of esters is 1. The van der Waals surface area contributed by atoms with Crippen LogP contribution in [-0.2, 0) is 9.53 Å². The minimum absolute atomic E-state index is 0.246. The van der Waals surface area contributed by atoms with Gasteiger partial charge in [-0.25, -0.2) is 9.79 Å². The summed E-state index contributed by atoms with van der Waals surface area (Å²) >= 11 is 7.34. The van der Waals surface area contributed by atoms with Gasteiger partial charge >= 0.3 is 5.97 Å². The van der Waals surface area contributed by atoms with Gasteiger partial charge in [0.15, 0.2) is 16.3 Å². The van der Waals surface area contributed by atoms with E-state index in [1.54, 1.807) is 30.3 Å². The molecule has 7 nitrogen and oxygen atoms in total. The molecule has 0 radical (unpaired) electrons. The third-order valence-electron chi connectivity index (χ3n) is 5.15. The number of thiazole rings is 1. The van der Waals surface area contributed by atoms with Gasteiger partial charge in [0.05, 0.1) is 36.5 Å². The fourth-order valence-electron chi connectivity index (χ4n) is 3.74. The monoisotopic (exact) mass is 498 g/mol. The van der Waals surface area contributed by atoms with Gasteiger partial charge in [-0.2, -0.15) is 0 Å². The first-order chi connectivity index (χ1) is 16.5. The van der Waals surface area contributed by atoms with E-state index in [-0.39, 0.29) is 11.1 Å². The smallest absolute Gasteiger partial charge is 0.337 e. The van der Waals surface area contributed by atoms with E-state index < -0.39 is 12.0 Å². The summed E-state index contributed by atoms with van der Waals surface area (Å²) in [4.78, 5) is 31.0. The molecule has 2 aromatic carbocycles. The molecule has 0 fully saturated rings. The zero-order valence-electron chi connectivity index (χ0n) is 18.9. The van der Waals surface area contributed by atoms with Crippen molar-refractivity contribution < 1.29 is 19.0 Å². The molecule has 3 aromatic rings. The van der Waals surface area contributed by atoms with Crippen molar-refractivity contribution in [3.8, 4) is 11.5 Å². The van der Waals surface area contributed by atoms with Gasteiger partial charge < -0.3 is 14.2 Å². The van der Waals surface area contributed by atoms with E-state index >= 15 is 0 Å². The van der Waals surface area contributed by atoms with Crippen LogP contribution in [0.25, 0.3) is 6.08 Å². The molecule has 0 bridgehead atoms. The zero-order valence-corrected chi connectivity index (χ0v) is 20.5. The number of carbonyl (C=O) groups is 1. The van der Waals surface area contributed by atoms with Gasteiger partial charge in [-0.15, -0.1) is 0 Å². The third kappa shape index (κ3) is 4.64. The van der Waals surface area contributed by atoms with Gasteiger partial charge in [-0.3, -0.25) is 9.36 Å². The molecular weight excluding hydrogens is 476 g/mol. The second-order valence-corrected chi connectivity index (χ2v) is 8.75. The summed E-state index contributed by atoms with van der Waals surface area (Å²) in [5.74, 6) is 0.555. The molecule has 34 heavy (non-hydrogen) atoms. The van der Waals surface area contributed by atoms with Crippen LogP contribution >= 0.6 is 22.9 Å². The van der Waals surface area contributed by atoms with E-state index in [0.29, 0.717) is 44.6 Å². The van der Waals surface area contributed by atoms with Crippen LogP contribution < -0.4 is 24.4 Å². The predicted molar refractivity (Wildman–Crippen MR) is 131 cm³/mol. The van der Waals surface area contributed by atoms with Crippen molar-refractivity contribution in [2.75, 3.05) is 20.3 Å². The third-order valence-corrected chi connectivity index (χ3v) is 6.39. The van der Waals surface area contributed by atoms with Gasteiger partial charge in [0.2, 0.25) is 0 Å². The standard InChI is InChI=1S/C25H23ClN2O5S/c1-4-32-19-10-9-16(13-20(19)33-5-2)22-18(24(30)31-3)14-27-25-28(22)23(29)21(34-25)12-15-7-6-8-17(26)11-15/h6-14,22H,4-5H2,1-3H3/b21-12-/t22-/m1/s1. The number of fused-ring (bicyclic) bond motifs is 1. The molecule has 0 unspecified atom stereocenters. The van der Waals surface area contributed by atoms with Crippen LogP contribution in [-0.4, -0.2) is 30.9 Å². The molecule has 4 rings (SSSR count). The van der Waals surface area contributed by atoms with E-state index in [2.05, 4.69) is 4.99 Å². The highest BCUT2D eigenvalue weighted by molar-refractivity contribution is 7.07. The number of aromatic nitrogens is 1. The molecule has 2 heterocycles. The second kappa shape index (κ2) is 10.3. The van der Waals surface area contributed by atoms with E-state index in [1.165, 1.54) is 29.2 Å². The van der Waals surface area contributed by atoms with Crippen molar-refractivity contribution in [1.82, 2.24) is 4.57 Å². The lowest BCUT2D eigenvalue weighted by Crippen LogP contribution is -2.39. The molecule has 0 spiro atoms. The number of nitrogens with zero attached hydrogens (tertiary/aromatic N) is 2. The van der Waals surface area contributed by atoms with Crippen LogP contribution in [0.2, 0.25) is 5.02 Å². The average molecular weight is 499 g/mol. The normalized spacial score (nSPS) is 15.2. The fourth-order valence-corrected chi connectivity index (χ4v) is 4.90. The summed E-state index contributed by atoms with van der Waals surface area (Å²) in [7, 11) is 1.30. The summed E-state index contributed by atoms with van der Waals surface area (Å²) in [6, 6.07) is 11.9. The Morgan fingerprint density at radius 3 is 2.62 bits per heavy atom. The van der Waals surface area contributed by atoms with E-state index in [4.69, 9.17) is 25.8 Å². The minimum Gasteiger partial charge on any atom is -0.490 e. The topological polar surface area (TPSA) is 79.1 Å². The van der Waals surface area contributed by atoms with Crippen molar-refractivity contribution in [3.05, 3.63) is 90.1 Å². The maximum atomic E-state index is 13.5. The molecule has 0 saturated carbocycles. The highest BCUT2D eigenvalue weighted by Gasteiger charge is 2.31. The number of benzene rings is 2. The lowest BCUT2D eigenvalue weighted by atomic mass is 9.97. The molecule has 0 N–H and O–H groups in total. The highest BCUT2D eigenvalue weighted by Crippen LogP contribution is 2.35. The summed E-state index contributed by atoms with van der Waals surface area (Å²) < 4.78 is 18.4. The van der Waals surface area contributed by atoms with Gasteiger partial charge in [0, 0.05) is 11.2 Å². The first kappa shape index (κ1) is 23.8. The predicted octanol–water partition coefficient (Wildman–Crippen LogP) is 3.47. The number of halogens is 1. The van der Waals surface area contributed by atoms with Crippen molar-refractivity contribution >= 4 is 35.0 Å². The van der Waals surface area contributed by atoms with E-state index in [1.807, 2.05) is 32.0 Å². The van der Waals surface area contributed by atoms with Crippen LogP contribution in [0.3, 0.4) is 0 Å². The van der Waals surface area contributed by atoms with Crippen molar-refractivity contribution in [1.29, 1.82) is 0 Å². The number of carbonyl (C=O) groups excluding carboxylic acids is 1. The molecule has 1 aliphatic rings. The molecule has 1 aromatic heterocycles. The Labute approximate surface area is 205 Å². The molecule has 1 atom stereocenters. The Balaban J connectivity index is 1.91. The number of rotatable bonds is 7. The molecular formula is C25H23ClN2O5S. The first-order valence-corrected chi connectivity index (χ1v) is 11.9. The molecule has 1 aliphatic heterocycles.